The molecule has 1 unspecified atom stereocenters. The van der Waals surface area contributed by atoms with E-state index < -0.39 is 10.1 Å². The molecule has 0 aromatic carbocycles. The monoisotopic (exact) mass is 192 g/mol. The van der Waals surface area contributed by atoms with Crippen LogP contribution in [0.4, 0.5) is 0 Å². The van der Waals surface area contributed by atoms with E-state index in [9.17, 15) is 0 Å². The molecule has 0 fully saturated rings. The molecule has 1 N–H and O–H groups in total. The second-order valence-electron chi connectivity index (χ2n) is 1.36. The van der Waals surface area contributed by atoms with Crippen LogP contribution in [-0.4, -0.2) is 21.8 Å². The van der Waals surface area contributed by atoms with Gasteiger partial charge in [-0.2, -0.15) is 0 Å². The minimum Gasteiger partial charge on any atom is -0.360 e. The van der Waals surface area contributed by atoms with Gasteiger partial charge in [-0.15, -0.1) is 0 Å². The van der Waals surface area contributed by atoms with Crippen molar-refractivity contribution in [1.29, 1.82) is 0 Å². The van der Waals surface area contributed by atoms with Gasteiger partial charge in [0.25, 0.3) is 4.52 Å². The summed E-state index contributed by atoms with van der Waals surface area (Å²) in [6.45, 7) is 2.07. The van der Waals surface area contributed by atoms with E-state index in [2.05, 4.69) is 4.74 Å². The number of alkyl halides is 3. The van der Waals surface area contributed by atoms with E-state index in [-0.39, 0.29) is 0 Å². The second-order valence-corrected chi connectivity index (χ2v) is 3.10. The molecule has 0 spiro atoms. The molecule has 1 atom stereocenters. The Balaban J connectivity index is 3.59. The molecule has 0 aromatic rings. The molecule has 5 heteroatoms. The van der Waals surface area contributed by atoms with Crippen LogP contribution < -0.4 is 0 Å². The molecule has 0 saturated heterocycles. The second kappa shape index (κ2) is 3.84. The van der Waals surface area contributed by atoms with Gasteiger partial charge in [-0.1, -0.05) is 34.8 Å². The molecule has 0 radical (unpaired) electrons. The lowest BCUT2D eigenvalue weighted by molar-refractivity contribution is 0.0330. The average Bonchev–Trinajstić information content (AvgIpc) is 1.64. The lowest BCUT2D eigenvalue weighted by atomic mass is 10.7. The molecule has 0 aliphatic carbocycles. The predicted octanol–water partition coefficient (Wildman–Crippen LogP) is 1.71. The Labute approximate surface area is 68.7 Å². The lowest BCUT2D eigenvalue weighted by Crippen LogP contribution is -2.28. The van der Waals surface area contributed by atoms with Crippen molar-refractivity contribution in [1.82, 2.24) is 0 Å². The van der Waals surface area contributed by atoms with Crippen molar-refractivity contribution in [3.05, 3.63) is 0 Å². The van der Waals surface area contributed by atoms with Crippen molar-refractivity contribution in [2.75, 3.05) is 6.61 Å². The van der Waals surface area contributed by atoms with Crippen molar-refractivity contribution >= 4 is 34.8 Å². The zero-order chi connectivity index (χ0) is 7.49. The van der Waals surface area contributed by atoms with Gasteiger partial charge >= 0.3 is 0 Å². The van der Waals surface area contributed by atoms with Crippen LogP contribution in [0.5, 0.6) is 0 Å². The van der Waals surface area contributed by atoms with Crippen molar-refractivity contribution in [3.8, 4) is 0 Å². The highest BCUT2D eigenvalue weighted by atomic mass is 35.5. The van der Waals surface area contributed by atoms with Crippen molar-refractivity contribution < 1.29 is 9.84 Å². The van der Waals surface area contributed by atoms with Crippen molar-refractivity contribution in [3.63, 3.8) is 0 Å². The number of rotatable bonds is 3. The van der Waals surface area contributed by atoms with E-state index in [1.165, 1.54) is 0 Å². The van der Waals surface area contributed by atoms with E-state index in [1.54, 1.807) is 6.92 Å². The van der Waals surface area contributed by atoms with Crippen LogP contribution >= 0.6 is 34.8 Å². The van der Waals surface area contributed by atoms with Gasteiger partial charge < -0.3 is 9.84 Å². The Morgan fingerprint density at radius 3 is 2.22 bits per heavy atom. The molecule has 0 heterocycles. The Hall–Kier alpha value is 0.790. The standard InChI is InChI=1S/C4H7Cl3O2/c1-2-9-3(5)4(6,7)8/h3,8H,2H2,1H3. The summed E-state index contributed by atoms with van der Waals surface area (Å²) in [5.74, 6) is 0. The highest BCUT2D eigenvalue weighted by molar-refractivity contribution is 6.50. The highest BCUT2D eigenvalue weighted by Crippen LogP contribution is 2.26. The van der Waals surface area contributed by atoms with E-state index in [4.69, 9.17) is 39.9 Å². The van der Waals surface area contributed by atoms with Gasteiger partial charge in [-0.25, -0.2) is 0 Å². The smallest absolute Gasteiger partial charge is 0.256 e. The molecular weight excluding hydrogens is 186 g/mol. The van der Waals surface area contributed by atoms with Gasteiger partial charge in [0.2, 0.25) is 0 Å². The summed E-state index contributed by atoms with van der Waals surface area (Å²) in [6.07, 6.45) is 0. The van der Waals surface area contributed by atoms with Gasteiger partial charge in [0.05, 0.1) is 0 Å². The Bertz CT molecular complexity index is 80.4. The summed E-state index contributed by atoms with van der Waals surface area (Å²) in [6, 6.07) is 0. The minimum absolute atomic E-state index is 0.357. The molecule has 0 bridgehead atoms. The summed E-state index contributed by atoms with van der Waals surface area (Å²) in [5.41, 5.74) is -1.08. The first-order chi connectivity index (χ1) is 3.98. The van der Waals surface area contributed by atoms with Crippen LogP contribution in [-0.2, 0) is 4.74 Å². The third-order valence-corrected chi connectivity index (χ3v) is 1.65. The number of aliphatic hydroxyl groups is 1. The van der Waals surface area contributed by atoms with Gasteiger partial charge in [-0.05, 0) is 6.92 Å². The Morgan fingerprint density at radius 2 is 2.11 bits per heavy atom. The van der Waals surface area contributed by atoms with Gasteiger partial charge in [0, 0.05) is 6.61 Å². The van der Waals surface area contributed by atoms with E-state index in [0.717, 1.165) is 0 Å². The fourth-order valence-electron chi connectivity index (χ4n) is 0.247. The first kappa shape index (κ1) is 9.79. The number of hydrogen-bond acceptors (Lipinski definition) is 2. The van der Waals surface area contributed by atoms with E-state index in [1.807, 2.05) is 0 Å². The molecule has 0 amide bonds. The van der Waals surface area contributed by atoms with E-state index >= 15 is 0 Å². The molecule has 0 aliphatic rings. The molecule has 56 valence electrons. The molecule has 0 saturated carbocycles. The van der Waals surface area contributed by atoms with Crippen LogP contribution in [0.1, 0.15) is 6.92 Å². The van der Waals surface area contributed by atoms with Crippen LogP contribution in [0.2, 0.25) is 0 Å². The maximum Gasteiger partial charge on any atom is 0.256 e. The summed E-state index contributed by atoms with van der Waals surface area (Å²) < 4.78 is 2.66. The SMILES string of the molecule is CCOC(Cl)C(O)(Cl)Cl. The molecular formula is C4H7Cl3O2. The minimum atomic E-state index is -2.00. The molecule has 2 nitrogen and oxygen atoms in total. The largest absolute Gasteiger partial charge is 0.360 e. The van der Waals surface area contributed by atoms with Crippen molar-refractivity contribution in [2.45, 2.75) is 17.0 Å². The maximum atomic E-state index is 8.69. The highest BCUT2D eigenvalue weighted by Gasteiger charge is 2.30. The molecule has 0 rings (SSSR count). The Kier molecular flexibility index (Phi) is 4.17. The number of ether oxygens (including phenoxy) is 1. The molecule has 0 aliphatic heterocycles. The van der Waals surface area contributed by atoms with Crippen LogP contribution in [0.3, 0.4) is 0 Å². The van der Waals surface area contributed by atoms with E-state index in [0.29, 0.717) is 6.61 Å². The maximum absolute atomic E-state index is 8.69. The quantitative estimate of drug-likeness (QED) is 0.692. The third kappa shape index (κ3) is 4.23. The topological polar surface area (TPSA) is 29.5 Å². The van der Waals surface area contributed by atoms with Crippen LogP contribution in [0.25, 0.3) is 0 Å². The zero-order valence-corrected chi connectivity index (χ0v) is 7.04. The summed E-state index contributed by atoms with van der Waals surface area (Å²) in [5, 5.41) is 8.69. The summed E-state index contributed by atoms with van der Waals surface area (Å²) >= 11 is 15.6. The number of halogens is 3. The predicted molar refractivity (Wildman–Crippen MR) is 37.9 cm³/mol. The Morgan fingerprint density at radius 1 is 1.67 bits per heavy atom. The normalized spacial score (nSPS) is 15.7. The fraction of sp³-hybridized carbons (Fsp3) is 1.00. The van der Waals surface area contributed by atoms with Gasteiger partial charge in [0.1, 0.15) is 0 Å². The van der Waals surface area contributed by atoms with Crippen LogP contribution in [0.15, 0.2) is 0 Å². The van der Waals surface area contributed by atoms with Gasteiger partial charge in [-0.3, -0.25) is 0 Å². The average molecular weight is 193 g/mol. The molecule has 0 aromatic heterocycles. The number of hydrogen-bond donors (Lipinski definition) is 1. The van der Waals surface area contributed by atoms with Crippen LogP contribution in [0, 0.1) is 0 Å². The van der Waals surface area contributed by atoms with Crippen molar-refractivity contribution in [2.24, 2.45) is 0 Å². The zero-order valence-electron chi connectivity index (χ0n) is 4.77. The summed E-state index contributed by atoms with van der Waals surface area (Å²) in [4.78, 5) is 0. The first-order valence-electron chi connectivity index (χ1n) is 2.34. The first-order valence-corrected chi connectivity index (χ1v) is 3.53. The lowest BCUT2D eigenvalue weighted by Gasteiger charge is -2.17. The third-order valence-electron chi connectivity index (χ3n) is 0.586. The summed E-state index contributed by atoms with van der Waals surface area (Å²) in [7, 11) is 0. The fourth-order valence-corrected chi connectivity index (χ4v) is 0.499. The van der Waals surface area contributed by atoms with Gasteiger partial charge in [0.15, 0.2) is 5.56 Å². The molecule has 9 heavy (non-hydrogen) atoms.